The highest BCUT2D eigenvalue weighted by atomic mass is 19.1. The number of fused-ring (bicyclic) bond motifs is 2. The molecule has 0 fully saturated rings. The number of amides is 1. The molecule has 0 saturated heterocycles. The predicted octanol–water partition coefficient (Wildman–Crippen LogP) is 3.25. The number of esters is 1. The van der Waals surface area contributed by atoms with Crippen molar-refractivity contribution >= 4 is 23.5 Å². The average molecular weight is 454 g/mol. The molecular weight excluding hydrogens is 431 g/mol. The number of halogens is 1. The number of aromatic carboxylic acids is 1. The van der Waals surface area contributed by atoms with Gasteiger partial charge in [-0.2, -0.15) is 5.10 Å². The van der Waals surface area contributed by atoms with Gasteiger partial charge in [0.1, 0.15) is 11.3 Å². The van der Waals surface area contributed by atoms with Crippen LogP contribution in [0.25, 0.3) is 5.65 Å². The van der Waals surface area contributed by atoms with E-state index in [0.29, 0.717) is 18.4 Å². The van der Waals surface area contributed by atoms with E-state index in [-0.39, 0.29) is 17.4 Å². The molecule has 172 valence electrons. The number of hydrogen-bond donors (Lipinski definition) is 2. The molecule has 1 aliphatic rings. The van der Waals surface area contributed by atoms with Crippen molar-refractivity contribution in [2.24, 2.45) is 0 Å². The van der Waals surface area contributed by atoms with E-state index in [2.05, 4.69) is 15.4 Å². The summed E-state index contributed by atoms with van der Waals surface area (Å²) >= 11 is 0. The molecule has 1 amide bonds. The van der Waals surface area contributed by atoms with E-state index in [0.717, 1.165) is 33.5 Å². The van der Waals surface area contributed by atoms with E-state index in [1.165, 1.54) is 0 Å². The summed E-state index contributed by atoms with van der Waals surface area (Å²) in [7, 11) is 0. The molecule has 2 N–H and O–H groups in total. The zero-order valence-electron chi connectivity index (χ0n) is 18.6. The number of hydrogen-bond acceptors (Lipinski definition) is 6. The van der Waals surface area contributed by atoms with E-state index in [4.69, 9.17) is 4.74 Å². The summed E-state index contributed by atoms with van der Waals surface area (Å²) in [6.07, 6.45) is 2.11. The van der Waals surface area contributed by atoms with Crippen LogP contribution in [-0.4, -0.2) is 43.2 Å². The molecule has 0 spiro atoms. The molecule has 1 aliphatic carbocycles. The van der Waals surface area contributed by atoms with E-state index < -0.39 is 35.0 Å². The van der Waals surface area contributed by atoms with Gasteiger partial charge in [0.25, 0.3) is 5.91 Å². The summed E-state index contributed by atoms with van der Waals surface area (Å²) in [6.45, 7) is 7.25. The molecule has 0 saturated carbocycles. The Balaban J connectivity index is 1.63. The number of carboxylic acids is 1. The van der Waals surface area contributed by atoms with Gasteiger partial charge in [-0.15, -0.1) is 0 Å². The molecule has 0 bridgehead atoms. The Morgan fingerprint density at radius 2 is 2.00 bits per heavy atom. The second-order valence-corrected chi connectivity index (χ2v) is 8.93. The fourth-order valence-electron chi connectivity index (χ4n) is 4.02. The molecule has 1 atom stereocenters. The molecule has 2 aromatic heterocycles. The SMILES string of the molecule is Cc1c(C(=O)OC(C)(C)C)ccc2c1CC[C@@H]2NC(=O)c1cc(C(=O)O)nc2c(F)cnn12. The van der Waals surface area contributed by atoms with Crippen LogP contribution < -0.4 is 5.32 Å². The van der Waals surface area contributed by atoms with E-state index in [1.54, 1.807) is 32.9 Å². The lowest BCUT2D eigenvalue weighted by Crippen LogP contribution is -2.29. The van der Waals surface area contributed by atoms with Crippen molar-refractivity contribution in [3.8, 4) is 0 Å². The fraction of sp³-hybridized carbons (Fsp3) is 0.348. The number of carbonyl (C=O) groups excluding carboxylic acids is 2. The maximum atomic E-state index is 14.0. The molecular formula is C23H23FN4O5. The third-order valence-electron chi connectivity index (χ3n) is 5.50. The second-order valence-electron chi connectivity index (χ2n) is 8.93. The molecule has 0 aliphatic heterocycles. The van der Waals surface area contributed by atoms with Crippen molar-refractivity contribution in [1.29, 1.82) is 0 Å². The Hall–Kier alpha value is -3.82. The Morgan fingerprint density at radius 1 is 1.27 bits per heavy atom. The lowest BCUT2D eigenvalue weighted by Gasteiger charge is -2.21. The average Bonchev–Trinajstić information content (AvgIpc) is 3.30. The van der Waals surface area contributed by atoms with Gasteiger partial charge in [0.2, 0.25) is 0 Å². The first kappa shape index (κ1) is 22.4. The first-order valence-corrected chi connectivity index (χ1v) is 10.4. The molecule has 1 aromatic carbocycles. The van der Waals surface area contributed by atoms with E-state index in [9.17, 15) is 23.9 Å². The maximum absolute atomic E-state index is 14.0. The highest BCUT2D eigenvalue weighted by Crippen LogP contribution is 2.35. The highest BCUT2D eigenvalue weighted by Gasteiger charge is 2.30. The standard InChI is InChI=1S/C23H23FN4O5/c1-11-12-7-8-16(14(12)6-5-13(11)22(32)33-23(2,3)4)27-20(29)18-9-17(21(30)31)26-19-15(24)10-25-28(18)19/h5-6,9-10,16H,7-8H2,1-4H3,(H,27,29)(H,30,31)/t16-/m0/s1. The second kappa shape index (κ2) is 7.95. The van der Waals surface area contributed by atoms with E-state index >= 15 is 0 Å². The summed E-state index contributed by atoms with van der Waals surface area (Å²) in [5.41, 5.74) is 1.54. The largest absolute Gasteiger partial charge is 0.477 e. The van der Waals surface area contributed by atoms with Gasteiger partial charge < -0.3 is 15.2 Å². The summed E-state index contributed by atoms with van der Waals surface area (Å²) in [4.78, 5) is 40.7. The quantitative estimate of drug-likeness (QED) is 0.580. The molecule has 33 heavy (non-hydrogen) atoms. The number of nitrogens with zero attached hydrogens (tertiary/aromatic N) is 3. The number of carboxylic acid groups (broad SMARTS) is 1. The lowest BCUT2D eigenvalue weighted by atomic mass is 9.97. The highest BCUT2D eigenvalue weighted by molar-refractivity contribution is 5.96. The van der Waals surface area contributed by atoms with Crippen molar-refractivity contribution in [1.82, 2.24) is 19.9 Å². The third-order valence-corrected chi connectivity index (χ3v) is 5.50. The number of nitrogens with one attached hydrogen (secondary N) is 1. The van der Waals surface area contributed by atoms with Gasteiger partial charge in [-0.25, -0.2) is 23.5 Å². The molecule has 0 radical (unpaired) electrons. The maximum Gasteiger partial charge on any atom is 0.354 e. The first-order chi connectivity index (χ1) is 15.5. The molecule has 0 unspecified atom stereocenters. The van der Waals surface area contributed by atoms with E-state index in [1.807, 2.05) is 6.92 Å². The number of ether oxygens (including phenoxy) is 1. The smallest absolute Gasteiger partial charge is 0.354 e. The number of rotatable bonds is 4. The van der Waals surface area contributed by atoms with Crippen LogP contribution in [0.5, 0.6) is 0 Å². The van der Waals surface area contributed by atoms with Crippen molar-refractivity contribution in [2.45, 2.75) is 52.2 Å². The predicted molar refractivity (Wildman–Crippen MR) is 115 cm³/mol. The summed E-state index contributed by atoms with van der Waals surface area (Å²) in [5, 5.41) is 16.0. The number of carbonyl (C=O) groups is 3. The minimum atomic E-state index is -1.39. The topological polar surface area (TPSA) is 123 Å². The summed E-state index contributed by atoms with van der Waals surface area (Å²) in [5.74, 6) is -3.23. The zero-order chi connectivity index (χ0) is 24.1. The summed E-state index contributed by atoms with van der Waals surface area (Å²) in [6, 6.07) is 4.17. The van der Waals surface area contributed by atoms with Crippen molar-refractivity contribution in [3.05, 3.63) is 63.9 Å². The Morgan fingerprint density at radius 3 is 2.67 bits per heavy atom. The number of aromatic nitrogens is 3. The van der Waals surface area contributed by atoms with Gasteiger partial charge in [-0.3, -0.25) is 4.79 Å². The molecule has 9 nitrogen and oxygen atoms in total. The molecule has 10 heteroatoms. The van der Waals surface area contributed by atoms with Gasteiger partial charge in [0.05, 0.1) is 17.8 Å². The van der Waals surface area contributed by atoms with Gasteiger partial charge >= 0.3 is 11.9 Å². The Kier molecular flexibility index (Phi) is 5.39. The lowest BCUT2D eigenvalue weighted by molar-refractivity contribution is 0.00682. The molecule has 2 heterocycles. The minimum Gasteiger partial charge on any atom is -0.477 e. The van der Waals surface area contributed by atoms with Crippen LogP contribution in [0.2, 0.25) is 0 Å². The van der Waals surface area contributed by atoms with Crippen LogP contribution in [0.1, 0.15) is 81.3 Å². The Labute approximate surface area is 188 Å². The normalized spacial score (nSPS) is 15.4. The number of benzene rings is 1. The van der Waals surface area contributed by atoms with Crippen LogP contribution in [0.4, 0.5) is 4.39 Å². The molecule has 4 rings (SSSR count). The van der Waals surface area contributed by atoms with Crippen LogP contribution in [0.3, 0.4) is 0 Å². The Bertz CT molecular complexity index is 1310. The van der Waals surface area contributed by atoms with Crippen molar-refractivity contribution in [3.63, 3.8) is 0 Å². The van der Waals surface area contributed by atoms with Crippen LogP contribution in [0.15, 0.2) is 24.4 Å². The van der Waals surface area contributed by atoms with Crippen LogP contribution in [-0.2, 0) is 11.2 Å². The fourth-order valence-corrected chi connectivity index (χ4v) is 4.02. The van der Waals surface area contributed by atoms with Crippen molar-refractivity contribution < 1.29 is 28.6 Å². The van der Waals surface area contributed by atoms with Gasteiger partial charge in [0.15, 0.2) is 17.2 Å². The summed E-state index contributed by atoms with van der Waals surface area (Å²) < 4.78 is 20.4. The first-order valence-electron chi connectivity index (χ1n) is 10.4. The van der Waals surface area contributed by atoms with Crippen LogP contribution in [0, 0.1) is 12.7 Å². The van der Waals surface area contributed by atoms with Gasteiger partial charge in [-0.1, -0.05) is 6.07 Å². The molecule has 3 aromatic rings. The monoisotopic (exact) mass is 454 g/mol. The van der Waals surface area contributed by atoms with Crippen molar-refractivity contribution in [2.75, 3.05) is 0 Å². The zero-order valence-corrected chi connectivity index (χ0v) is 18.6. The van der Waals surface area contributed by atoms with Crippen LogP contribution >= 0.6 is 0 Å². The van der Waals surface area contributed by atoms with Gasteiger partial charge in [-0.05, 0) is 63.3 Å². The van der Waals surface area contributed by atoms with Gasteiger partial charge in [0, 0.05) is 6.07 Å². The third kappa shape index (κ3) is 4.15. The minimum absolute atomic E-state index is 0.142.